The summed E-state index contributed by atoms with van der Waals surface area (Å²) >= 11 is 0. The molecule has 0 saturated carbocycles. The number of rotatable bonds is 41. The molecule has 0 rings (SSSR count). The van der Waals surface area contributed by atoms with E-state index in [-0.39, 0.29) is 12.5 Å². The van der Waals surface area contributed by atoms with E-state index in [1.807, 2.05) is 27.2 Å². The van der Waals surface area contributed by atoms with Crippen molar-refractivity contribution < 1.29 is 32.9 Å². The van der Waals surface area contributed by atoms with Crippen LogP contribution in [0, 0.1) is 0 Å². The van der Waals surface area contributed by atoms with Gasteiger partial charge in [-0.05, 0) is 70.6 Å². The van der Waals surface area contributed by atoms with Crippen LogP contribution in [0.5, 0.6) is 0 Å². The minimum atomic E-state index is -4.60. The van der Waals surface area contributed by atoms with Gasteiger partial charge in [-0.1, -0.05) is 177 Å². The lowest BCUT2D eigenvalue weighted by Gasteiger charge is -2.29. The first-order chi connectivity index (χ1) is 28.0. The summed E-state index contributed by atoms with van der Waals surface area (Å²) in [6, 6.07) is -0.905. The Balaban J connectivity index is 4.26. The van der Waals surface area contributed by atoms with Crippen molar-refractivity contribution in [2.75, 3.05) is 40.9 Å². The van der Waals surface area contributed by atoms with Gasteiger partial charge in [0.15, 0.2) is 0 Å². The maximum atomic E-state index is 12.9. The van der Waals surface area contributed by atoms with Crippen LogP contribution in [0.1, 0.15) is 181 Å². The van der Waals surface area contributed by atoms with Crippen molar-refractivity contribution in [3.63, 3.8) is 0 Å². The van der Waals surface area contributed by atoms with E-state index in [0.717, 1.165) is 64.2 Å². The van der Waals surface area contributed by atoms with Crippen molar-refractivity contribution in [2.24, 2.45) is 0 Å². The quantitative estimate of drug-likeness (QED) is 0.0275. The molecule has 0 aliphatic heterocycles. The molecule has 0 heterocycles. The van der Waals surface area contributed by atoms with Crippen LogP contribution < -0.4 is 10.2 Å². The summed E-state index contributed by atoms with van der Waals surface area (Å²) in [5, 5.41) is 13.7. The highest BCUT2D eigenvalue weighted by Crippen LogP contribution is 2.38. The Morgan fingerprint density at radius 2 is 1.07 bits per heavy atom. The molecule has 0 spiro atoms. The van der Waals surface area contributed by atoms with E-state index >= 15 is 0 Å². The number of amides is 1. The van der Waals surface area contributed by atoms with Gasteiger partial charge in [-0.2, -0.15) is 0 Å². The average Bonchev–Trinajstić information content (AvgIpc) is 3.17. The maximum Gasteiger partial charge on any atom is 0.268 e. The minimum absolute atomic E-state index is 0.00970. The van der Waals surface area contributed by atoms with E-state index in [0.29, 0.717) is 17.4 Å². The van der Waals surface area contributed by atoms with E-state index in [4.69, 9.17) is 9.05 Å². The Kier molecular flexibility index (Phi) is 38.9. The summed E-state index contributed by atoms with van der Waals surface area (Å²) in [6.07, 6.45) is 53.9. The summed E-state index contributed by atoms with van der Waals surface area (Å²) in [5.74, 6) is -0.215. The molecule has 9 heteroatoms. The van der Waals surface area contributed by atoms with E-state index < -0.39 is 26.6 Å². The second-order valence-corrected chi connectivity index (χ2v) is 18.1. The highest BCUT2D eigenvalue weighted by Gasteiger charge is 2.23. The van der Waals surface area contributed by atoms with Crippen LogP contribution in [0.15, 0.2) is 72.9 Å². The monoisotopic (exact) mass is 833 g/mol. The van der Waals surface area contributed by atoms with Gasteiger partial charge in [0.25, 0.3) is 7.82 Å². The molecule has 0 aliphatic carbocycles. The van der Waals surface area contributed by atoms with Crippen molar-refractivity contribution >= 4 is 13.7 Å². The topological polar surface area (TPSA) is 108 Å². The molecule has 0 aromatic carbocycles. The Morgan fingerprint density at radius 3 is 1.60 bits per heavy atom. The standard InChI is InChI=1S/C49H89N2O6P/c1-6-8-10-12-14-16-18-19-20-21-22-23-24-25-26-27-28-29-30-31-33-35-37-39-41-43-49(53)50-47(46-57-58(54,55)56-45-44-51(3,4)5)48(52)42-40-38-36-34-32-17-15-13-11-9-7-2/h8,10,14,16,19-20,22-23,32,34,40,42,47-48,52H,6-7,9,11-13,15,17-18,21,24-31,33,35-39,41,43-46H2,1-5H3,(H-,50,53,54,55)/b10-8-,16-14-,20-19-,23-22-,34-32+,42-40+. The lowest BCUT2D eigenvalue weighted by molar-refractivity contribution is -0.870. The van der Waals surface area contributed by atoms with Crippen LogP contribution in [-0.2, 0) is 18.4 Å². The largest absolute Gasteiger partial charge is 0.756 e. The number of unbranched alkanes of at least 4 members (excludes halogenated alkanes) is 18. The van der Waals surface area contributed by atoms with Gasteiger partial charge in [0.2, 0.25) is 5.91 Å². The van der Waals surface area contributed by atoms with E-state index in [2.05, 4.69) is 79.9 Å². The van der Waals surface area contributed by atoms with Crippen molar-refractivity contribution in [1.29, 1.82) is 0 Å². The molecule has 3 unspecified atom stereocenters. The zero-order valence-corrected chi connectivity index (χ0v) is 38.9. The molecule has 0 aliphatic rings. The summed E-state index contributed by atoms with van der Waals surface area (Å²) in [6.45, 7) is 4.47. The van der Waals surface area contributed by atoms with Gasteiger partial charge in [-0.3, -0.25) is 9.36 Å². The predicted octanol–water partition coefficient (Wildman–Crippen LogP) is 12.6. The van der Waals surface area contributed by atoms with Crippen LogP contribution in [0.4, 0.5) is 0 Å². The molecule has 0 fully saturated rings. The van der Waals surface area contributed by atoms with Gasteiger partial charge >= 0.3 is 0 Å². The second-order valence-electron chi connectivity index (χ2n) is 16.7. The van der Waals surface area contributed by atoms with E-state index in [1.54, 1.807) is 6.08 Å². The summed E-state index contributed by atoms with van der Waals surface area (Å²) in [7, 11) is 1.23. The molecule has 0 saturated heterocycles. The Bertz CT molecular complexity index is 1170. The summed E-state index contributed by atoms with van der Waals surface area (Å²) in [5.41, 5.74) is 0. The van der Waals surface area contributed by atoms with Crippen LogP contribution in [0.25, 0.3) is 0 Å². The zero-order chi connectivity index (χ0) is 42.8. The summed E-state index contributed by atoms with van der Waals surface area (Å²) in [4.78, 5) is 25.3. The molecular weight excluding hydrogens is 744 g/mol. The SMILES string of the molecule is CC/C=C\C/C=C\C/C=C\C/C=C\CCCCCCCCCCCCCCC(=O)NC(COP(=O)([O-])OCC[N+](C)(C)C)C(O)/C=C/CC/C=C/CCCCCCC. The first-order valence-corrected chi connectivity index (χ1v) is 24.8. The first-order valence-electron chi connectivity index (χ1n) is 23.3. The predicted molar refractivity (Wildman–Crippen MR) is 247 cm³/mol. The van der Waals surface area contributed by atoms with Crippen molar-refractivity contribution in [3.8, 4) is 0 Å². The molecule has 0 aromatic heterocycles. The van der Waals surface area contributed by atoms with E-state index in [9.17, 15) is 19.4 Å². The number of hydrogen-bond donors (Lipinski definition) is 2. The van der Waals surface area contributed by atoms with Gasteiger partial charge in [0.05, 0.1) is 39.9 Å². The van der Waals surface area contributed by atoms with E-state index in [1.165, 1.54) is 96.3 Å². The number of nitrogens with zero attached hydrogens (tertiary/aromatic N) is 1. The molecule has 0 aromatic rings. The summed E-state index contributed by atoms with van der Waals surface area (Å²) < 4.78 is 23.2. The van der Waals surface area contributed by atoms with Crippen molar-refractivity contribution in [1.82, 2.24) is 5.32 Å². The number of carbonyl (C=O) groups excluding carboxylic acids is 1. The number of phosphoric ester groups is 1. The highest BCUT2D eigenvalue weighted by atomic mass is 31.2. The van der Waals surface area contributed by atoms with Crippen LogP contribution in [-0.4, -0.2) is 68.5 Å². The van der Waals surface area contributed by atoms with Crippen LogP contribution in [0.2, 0.25) is 0 Å². The molecule has 58 heavy (non-hydrogen) atoms. The zero-order valence-electron chi connectivity index (χ0n) is 38.0. The van der Waals surface area contributed by atoms with Gasteiger partial charge in [0, 0.05) is 6.42 Å². The molecule has 0 radical (unpaired) electrons. The Labute approximate surface area is 357 Å². The van der Waals surface area contributed by atoms with Crippen molar-refractivity contribution in [2.45, 2.75) is 193 Å². The molecular formula is C49H89N2O6P. The first kappa shape index (κ1) is 55.9. The number of phosphoric acid groups is 1. The lowest BCUT2D eigenvalue weighted by atomic mass is 10.0. The Hall–Kier alpha value is -2.06. The van der Waals surface area contributed by atoms with Gasteiger partial charge in [-0.15, -0.1) is 0 Å². The van der Waals surface area contributed by atoms with Gasteiger partial charge in [-0.25, -0.2) is 0 Å². The fraction of sp³-hybridized carbons (Fsp3) is 0.735. The van der Waals surface area contributed by atoms with Crippen LogP contribution in [0.3, 0.4) is 0 Å². The third kappa shape index (κ3) is 42.1. The van der Waals surface area contributed by atoms with Gasteiger partial charge < -0.3 is 28.8 Å². The number of nitrogens with one attached hydrogen (secondary N) is 1. The molecule has 2 N–H and O–H groups in total. The highest BCUT2D eigenvalue weighted by molar-refractivity contribution is 7.45. The average molecular weight is 833 g/mol. The second kappa shape index (κ2) is 40.4. The maximum absolute atomic E-state index is 12.9. The number of allylic oxidation sites excluding steroid dienone is 11. The number of quaternary nitrogens is 1. The number of aliphatic hydroxyl groups is 1. The molecule has 336 valence electrons. The number of likely N-dealkylation sites (N-methyl/N-ethyl adjacent to an activating group) is 1. The fourth-order valence-electron chi connectivity index (χ4n) is 6.22. The normalized spacial score (nSPS) is 14.9. The minimum Gasteiger partial charge on any atom is -0.756 e. The number of hydrogen-bond acceptors (Lipinski definition) is 6. The fourth-order valence-corrected chi connectivity index (χ4v) is 6.94. The third-order valence-electron chi connectivity index (χ3n) is 9.90. The smallest absolute Gasteiger partial charge is 0.268 e. The number of carbonyl (C=O) groups is 1. The van der Waals surface area contributed by atoms with Gasteiger partial charge in [0.1, 0.15) is 13.2 Å². The molecule has 0 bridgehead atoms. The Morgan fingerprint density at radius 1 is 0.621 bits per heavy atom. The molecule has 8 nitrogen and oxygen atoms in total. The third-order valence-corrected chi connectivity index (χ3v) is 10.9. The lowest BCUT2D eigenvalue weighted by Crippen LogP contribution is -2.45. The number of aliphatic hydroxyl groups excluding tert-OH is 1. The van der Waals surface area contributed by atoms with Crippen LogP contribution >= 0.6 is 7.82 Å². The molecule has 1 amide bonds. The van der Waals surface area contributed by atoms with Crippen molar-refractivity contribution in [3.05, 3.63) is 72.9 Å². The molecule has 3 atom stereocenters.